The first-order chi connectivity index (χ1) is 15.3. The van der Waals surface area contributed by atoms with Crippen LogP contribution in [0.15, 0.2) is 47.4 Å². The second kappa shape index (κ2) is 9.40. The highest BCUT2D eigenvalue weighted by Gasteiger charge is 2.23. The van der Waals surface area contributed by atoms with Gasteiger partial charge in [0.2, 0.25) is 0 Å². The SMILES string of the molecule is O=c1cc2c(nn1CCN1CCCCC1CNc1nccc3ccccc13)CCSC2. The molecule has 1 atom stereocenters. The number of aromatic nitrogens is 3. The molecule has 7 heteroatoms. The number of rotatable bonds is 6. The normalized spacial score (nSPS) is 19.3. The van der Waals surface area contributed by atoms with Gasteiger partial charge in [0.1, 0.15) is 5.82 Å². The third kappa shape index (κ3) is 4.62. The molecule has 2 aliphatic rings. The largest absolute Gasteiger partial charge is 0.368 e. The zero-order chi connectivity index (χ0) is 21.0. The van der Waals surface area contributed by atoms with Gasteiger partial charge in [0, 0.05) is 49.0 Å². The number of anilines is 1. The van der Waals surface area contributed by atoms with E-state index in [1.807, 2.05) is 18.0 Å². The van der Waals surface area contributed by atoms with Gasteiger partial charge in [-0.2, -0.15) is 16.9 Å². The first-order valence-corrected chi connectivity index (χ1v) is 12.4. The lowest BCUT2D eigenvalue weighted by Crippen LogP contribution is -2.45. The fraction of sp³-hybridized carbons (Fsp3) is 0.458. The molecule has 1 aromatic carbocycles. The van der Waals surface area contributed by atoms with Crippen molar-refractivity contribution in [1.82, 2.24) is 19.7 Å². The molecule has 0 amide bonds. The molecule has 0 aliphatic carbocycles. The van der Waals surface area contributed by atoms with Gasteiger partial charge >= 0.3 is 0 Å². The van der Waals surface area contributed by atoms with Crippen molar-refractivity contribution in [2.75, 3.05) is 30.7 Å². The predicted octanol–water partition coefficient (Wildman–Crippen LogP) is 3.55. The Kier molecular flexibility index (Phi) is 6.22. The van der Waals surface area contributed by atoms with Crippen LogP contribution in [0.1, 0.15) is 30.5 Å². The molecule has 5 rings (SSSR count). The number of nitrogens with zero attached hydrogens (tertiary/aromatic N) is 4. The van der Waals surface area contributed by atoms with E-state index >= 15 is 0 Å². The molecule has 0 radical (unpaired) electrons. The van der Waals surface area contributed by atoms with Crippen LogP contribution in [0, 0.1) is 0 Å². The smallest absolute Gasteiger partial charge is 0.267 e. The Morgan fingerprint density at radius 1 is 1.16 bits per heavy atom. The van der Waals surface area contributed by atoms with E-state index in [-0.39, 0.29) is 5.56 Å². The van der Waals surface area contributed by atoms with E-state index in [9.17, 15) is 4.79 Å². The molecule has 4 heterocycles. The molecule has 2 aliphatic heterocycles. The van der Waals surface area contributed by atoms with Gasteiger partial charge in [0.25, 0.3) is 5.56 Å². The lowest BCUT2D eigenvalue weighted by Gasteiger charge is -2.36. The van der Waals surface area contributed by atoms with E-state index in [2.05, 4.69) is 50.6 Å². The van der Waals surface area contributed by atoms with Gasteiger partial charge < -0.3 is 5.32 Å². The third-order valence-corrected chi connectivity index (χ3v) is 7.44. The fourth-order valence-corrected chi connectivity index (χ4v) is 5.65. The summed E-state index contributed by atoms with van der Waals surface area (Å²) in [6.45, 7) is 3.45. The number of thioether (sulfide) groups is 1. The van der Waals surface area contributed by atoms with Crippen molar-refractivity contribution < 1.29 is 0 Å². The van der Waals surface area contributed by atoms with E-state index in [4.69, 9.17) is 0 Å². The molecule has 162 valence electrons. The molecule has 6 nitrogen and oxygen atoms in total. The molecule has 2 aromatic heterocycles. The fourth-order valence-electron chi connectivity index (χ4n) is 4.70. The molecule has 31 heavy (non-hydrogen) atoms. The van der Waals surface area contributed by atoms with E-state index < -0.39 is 0 Å². The third-order valence-electron chi connectivity index (χ3n) is 6.43. The maximum absolute atomic E-state index is 12.5. The standard InChI is InChI=1S/C24H29N5OS/c30-23-15-19-17-31-14-9-22(19)27-29(23)13-12-28-11-4-3-6-20(28)16-26-24-21-7-2-1-5-18(21)8-10-25-24/h1-2,5,7-8,10,15,20H,3-4,6,9,11-14,16-17H2,(H,25,26). The van der Waals surface area contributed by atoms with Crippen molar-refractivity contribution in [3.8, 4) is 0 Å². The zero-order valence-electron chi connectivity index (χ0n) is 17.8. The molecular formula is C24H29N5OS. The number of piperidine rings is 1. The summed E-state index contributed by atoms with van der Waals surface area (Å²) >= 11 is 1.88. The summed E-state index contributed by atoms with van der Waals surface area (Å²) in [5, 5.41) is 10.7. The maximum Gasteiger partial charge on any atom is 0.267 e. The van der Waals surface area contributed by atoms with Crippen LogP contribution in [0.5, 0.6) is 0 Å². The van der Waals surface area contributed by atoms with Crippen molar-refractivity contribution in [2.45, 2.75) is 44.0 Å². The highest BCUT2D eigenvalue weighted by atomic mass is 32.2. The van der Waals surface area contributed by atoms with Gasteiger partial charge in [-0.05, 0) is 42.2 Å². The van der Waals surface area contributed by atoms with Gasteiger partial charge in [-0.25, -0.2) is 9.67 Å². The maximum atomic E-state index is 12.5. The van der Waals surface area contributed by atoms with Crippen LogP contribution < -0.4 is 10.9 Å². The lowest BCUT2D eigenvalue weighted by atomic mass is 10.0. The molecule has 3 aromatic rings. The van der Waals surface area contributed by atoms with Crippen LogP contribution in [-0.2, 0) is 18.7 Å². The van der Waals surface area contributed by atoms with Crippen molar-refractivity contribution in [2.24, 2.45) is 0 Å². The van der Waals surface area contributed by atoms with Crippen molar-refractivity contribution in [3.05, 3.63) is 64.2 Å². The second-order valence-corrected chi connectivity index (χ2v) is 9.53. The molecule has 0 saturated carbocycles. The summed E-state index contributed by atoms with van der Waals surface area (Å²) in [5.41, 5.74) is 2.27. The predicted molar refractivity (Wildman–Crippen MR) is 128 cm³/mol. The van der Waals surface area contributed by atoms with E-state index in [1.54, 1.807) is 10.7 Å². The van der Waals surface area contributed by atoms with Crippen molar-refractivity contribution >= 4 is 28.4 Å². The van der Waals surface area contributed by atoms with E-state index in [0.717, 1.165) is 60.0 Å². The number of fused-ring (bicyclic) bond motifs is 2. The highest BCUT2D eigenvalue weighted by Crippen LogP contribution is 2.23. The van der Waals surface area contributed by atoms with Crippen LogP contribution in [0.3, 0.4) is 0 Å². The van der Waals surface area contributed by atoms with Crippen LogP contribution in [0.2, 0.25) is 0 Å². The molecule has 0 spiro atoms. The molecule has 1 saturated heterocycles. The van der Waals surface area contributed by atoms with Crippen LogP contribution in [0.4, 0.5) is 5.82 Å². The summed E-state index contributed by atoms with van der Waals surface area (Å²) in [6, 6.07) is 12.7. The number of hydrogen-bond donors (Lipinski definition) is 1. The van der Waals surface area contributed by atoms with Gasteiger partial charge in [-0.3, -0.25) is 9.69 Å². The lowest BCUT2D eigenvalue weighted by molar-refractivity contribution is 0.148. The first-order valence-electron chi connectivity index (χ1n) is 11.3. The van der Waals surface area contributed by atoms with Gasteiger partial charge in [0.15, 0.2) is 0 Å². The highest BCUT2D eigenvalue weighted by molar-refractivity contribution is 7.98. The van der Waals surface area contributed by atoms with Crippen LogP contribution in [0.25, 0.3) is 10.8 Å². The number of nitrogens with one attached hydrogen (secondary N) is 1. The minimum absolute atomic E-state index is 0.0351. The topological polar surface area (TPSA) is 63.1 Å². The number of aryl methyl sites for hydroxylation is 1. The molecule has 1 fully saturated rings. The molecular weight excluding hydrogens is 406 g/mol. The summed E-state index contributed by atoms with van der Waals surface area (Å²) in [4.78, 5) is 19.6. The van der Waals surface area contributed by atoms with Gasteiger partial charge in [-0.15, -0.1) is 0 Å². The quantitative estimate of drug-likeness (QED) is 0.639. The Bertz CT molecular complexity index is 1110. The van der Waals surface area contributed by atoms with Crippen LogP contribution >= 0.6 is 11.8 Å². The van der Waals surface area contributed by atoms with Crippen LogP contribution in [-0.4, -0.2) is 51.1 Å². The average molecular weight is 436 g/mol. The first kappa shape index (κ1) is 20.5. The number of hydrogen-bond acceptors (Lipinski definition) is 6. The van der Waals surface area contributed by atoms with Crippen molar-refractivity contribution in [1.29, 1.82) is 0 Å². The zero-order valence-corrected chi connectivity index (χ0v) is 18.6. The Morgan fingerprint density at radius 3 is 3.06 bits per heavy atom. The minimum atomic E-state index is 0.0351. The van der Waals surface area contributed by atoms with E-state index in [1.165, 1.54) is 24.6 Å². The van der Waals surface area contributed by atoms with Gasteiger partial charge in [0.05, 0.1) is 12.2 Å². The number of pyridine rings is 1. The van der Waals surface area contributed by atoms with Crippen molar-refractivity contribution in [3.63, 3.8) is 0 Å². The summed E-state index contributed by atoms with van der Waals surface area (Å²) in [7, 11) is 0. The molecule has 0 bridgehead atoms. The number of benzene rings is 1. The Morgan fingerprint density at radius 2 is 2.10 bits per heavy atom. The Balaban J connectivity index is 1.25. The average Bonchev–Trinajstić information content (AvgIpc) is 2.82. The summed E-state index contributed by atoms with van der Waals surface area (Å²) < 4.78 is 1.68. The molecule has 1 unspecified atom stereocenters. The number of likely N-dealkylation sites (tertiary alicyclic amines) is 1. The van der Waals surface area contributed by atoms with E-state index in [0.29, 0.717) is 12.6 Å². The summed E-state index contributed by atoms with van der Waals surface area (Å²) in [6.07, 6.45) is 6.47. The Hall–Kier alpha value is -2.38. The monoisotopic (exact) mass is 435 g/mol. The Labute approximate surface area is 187 Å². The second-order valence-electron chi connectivity index (χ2n) is 8.43. The summed E-state index contributed by atoms with van der Waals surface area (Å²) in [5.74, 6) is 2.97. The minimum Gasteiger partial charge on any atom is -0.368 e. The molecule has 1 N–H and O–H groups in total. The van der Waals surface area contributed by atoms with Gasteiger partial charge in [-0.1, -0.05) is 30.7 Å².